The van der Waals surface area contributed by atoms with Crippen molar-refractivity contribution in [2.75, 3.05) is 12.4 Å². The summed E-state index contributed by atoms with van der Waals surface area (Å²) in [6.45, 7) is 2.14. The monoisotopic (exact) mass is 438 g/mol. The van der Waals surface area contributed by atoms with Crippen LogP contribution < -0.4 is 15.5 Å². The standard InChI is InChI=1S/C23H19BN6OS/c1-24-16-7-5-14(6-8-16)22-29-30-23(32-22)28-21-18-12-17(31-2)9-10-19(18)26-20(27-21)15-4-3-11-25-13-15/h3-13,24H,1-2H3,(H,26,27,28,30). The highest BCUT2D eigenvalue weighted by molar-refractivity contribution is 7.18. The van der Waals surface area contributed by atoms with Crippen LogP contribution in [-0.4, -0.2) is 39.5 Å². The number of anilines is 2. The van der Waals surface area contributed by atoms with Crippen LogP contribution in [0.4, 0.5) is 10.9 Å². The third kappa shape index (κ3) is 4.02. The molecule has 0 saturated carbocycles. The predicted octanol–water partition coefficient (Wildman–Crippen LogP) is 4.07. The first kappa shape index (κ1) is 20.1. The fourth-order valence-corrected chi connectivity index (χ4v) is 4.08. The Bertz CT molecular complexity index is 1370. The Labute approximate surface area is 189 Å². The molecule has 7 nitrogen and oxygen atoms in total. The molecule has 156 valence electrons. The first-order chi connectivity index (χ1) is 15.7. The van der Waals surface area contributed by atoms with Crippen LogP contribution in [0.5, 0.6) is 5.75 Å². The van der Waals surface area contributed by atoms with Gasteiger partial charge in [-0.1, -0.05) is 47.9 Å². The molecule has 0 spiro atoms. The van der Waals surface area contributed by atoms with Gasteiger partial charge in [0.1, 0.15) is 16.6 Å². The van der Waals surface area contributed by atoms with Crippen molar-refractivity contribution in [3.8, 4) is 27.7 Å². The number of nitrogens with one attached hydrogen (secondary N) is 1. The lowest BCUT2D eigenvalue weighted by atomic mass is 9.73. The number of hydrogen-bond donors (Lipinski definition) is 1. The largest absolute Gasteiger partial charge is 0.497 e. The maximum Gasteiger partial charge on any atom is 0.211 e. The van der Waals surface area contributed by atoms with Gasteiger partial charge in [0.25, 0.3) is 0 Å². The average molecular weight is 438 g/mol. The molecule has 3 aromatic heterocycles. The van der Waals surface area contributed by atoms with Gasteiger partial charge in [-0.05, 0) is 30.3 Å². The molecule has 2 aromatic carbocycles. The molecule has 0 atom stereocenters. The van der Waals surface area contributed by atoms with Gasteiger partial charge in [0, 0.05) is 28.9 Å². The normalized spacial score (nSPS) is 10.8. The molecule has 0 saturated heterocycles. The van der Waals surface area contributed by atoms with Crippen LogP contribution in [-0.2, 0) is 0 Å². The first-order valence-corrected chi connectivity index (χ1v) is 11.0. The van der Waals surface area contributed by atoms with Crippen LogP contribution >= 0.6 is 11.3 Å². The van der Waals surface area contributed by atoms with Crippen LogP contribution in [0.2, 0.25) is 6.82 Å². The highest BCUT2D eigenvalue weighted by atomic mass is 32.1. The predicted molar refractivity (Wildman–Crippen MR) is 131 cm³/mol. The van der Waals surface area contributed by atoms with E-state index < -0.39 is 0 Å². The van der Waals surface area contributed by atoms with Crippen LogP contribution in [0.1, 0.15) is 0 Å². The summed E-state index contributed by atoms with van der Waals surface area (Å²) in [5.74, 6) is 1.95. The second kappa shape index (κ2) is 8.72. The Morgan fingerprint density at radius 2 is 1.84 bits per heavy atom. The number of fused-ring (bicyclic) bond motifs is 1. The summed E-state index contributed by atoms with van der Waals surface area (Å²) in [5.41, 5.74) is 3.96. The number of methoxy groups -OCH3 is 1. The third-order valence-corrected chi connectivity index (χ3v) is 5.97. The number of pyridine rings is 1. The number of hydrogen-bond acceptors (Lipinski definition) is 8. The van der Waals surface area contributed by atoms with E-state index in [2.05, 4.69) is 51.6 Å². The molecule has 0 unspecified atom stereocenters. The summed E-state index contributed by atoms with van der Waals surface area (Å²) >= 11 is 1.48. The molecule has 5 aromatic rings. The summed E-state index contributed by atoms with van der Waals surface area (Å²) in [4.78, 5) is 13.7. The van der Waals surface area contributed by atoms with Crippen molar-refractivity contribution in [1.29, 1.82) is 0 Å². The molecular formula is C23H19BN6OS. The summed E-state index contributed by atoms with van der Waals surface area (Å²) in [6.07, 6.45) is 3.47. The Kier molecular flexibility index (Phi) is 5.47. The van der Waals surface area contributed by atoms with E-state index in [1.165, 1.54) is 16.8 Å². The van der Waals surface area contributed by atoms with Gasteiger partial charge in [-0.3, -0.25) is 4.98 Å². The van der Waals surface area contributed by atoms with Crippen LogP contribution in [0.15, 0.2) is 67.0 Å². The molecule has 5 rings (SSSR count). The van der Waals surface area contributed by atoms with E-state index in [-0.39, 0.29) is 0 Å². The van der Waals surface area contributed by atoms with Crippen LogP contribution in [0.3, 0.4) is 0 Å². The SMILES string of the molecule is CBc1ccc(-c2nnc(Nc3nc(-c4cccnc4)nc4ccc(OC)cc34)s2)cc1. The fourth-order valence-electron chi connectivity index (χ4n) is 3.33. The summed E-state index contributed by atoms with van der Waals surface area (Å²) < 4.78 is 5.40. The molecule has 0 fully saturated rings. The third-order valence-electron chi connectivity index (χ3n) is 5.08. The van der Waals surface area contributed by atoms with Crippen molar-refractivity contribution >= 4 is 45.9 Å². The van der Waals surface area contributed by atoms with E-state index in [0.29, 0.717) is 16.8 Å². The van der Waals surface area contributed by atoms with Gasteiger partial charge in [0.2, 0.25) is 5.13 Å². The minimum Gasteiger partial charge on any atom is -0.497 e. The van der Waals surface area contributed by atoms with Crippen molar-refractivity contribution in [2.24, 2.45) is 0 Å². The van der Waals surface area contributed by atoms with Crippen molar-refractivity contribution in [3.05, 3.63) is 67.0 Å². The highest BCUT2D eigenvalue weighted by Crippen LogP contribution is 2.32. The van der Waals surface area contributed by atoms with Gasteiger partial charge in [-0.2, -0.15) is 0 Å². The van der Waals surface area contributed by atoms with E-state index in [4.69, 9.17) is 14.7 Å². The van der Waals surface area contributed by atoms with Gasteiger partial charge in [0.05, 0.1) is 12.6 Å². The maximum atomic E-state index is 5.40. The average Bonchev–Trinajstić information content (AvgIpc) is 3.32. The zero-order chi connectivity index (χ0) is 21.9. The zero-order valence-corrected chi connectivity index (χ0v) is 18.4. The molecule has 0 aliphatic carbocycles. The molecule has 32 heavy (non-hydrogen) atoms. The molecule has 0 radical (unpaired) electrons. The van der Waals surface area contributed by atoms with Crippen molar-refractivity contribution in [3.63, 3.8) is 0 Å². The second-order valence-corrected chi connectivity index (χ2v) is 8.09. The highest BCUT2D eigenvalue weighted by Gasteiger charge is 2.14. The second-order valence-electron chi connectivity index (χ2n) is 7.11. The lowest BCUT2D eigenvalue weighted by molar-refractivity contribution is 0.415. The molecule has 0 aliphatic rings. The first-order valence-electron chi connectivity index (χ1n) is 10.2. The smallest absolute Gasteiger partial charge is 0.211 e. The molecular weight excluding hydrogens is 419 g/mol. The minimum atomic E-state index is 0.582. The Morgan fingerprint density at radius 3 is 2.59 bits per heavy atom. The molecule has 0 aliphatic heterocycles. The van der Waals surface area contributed by atoms with Gasteiger partial charge in [-0.15, -0.1) is 10.2 Å². The summed E-state index contributed by atoms with van der Waals surface area (Å²) in [7, 11) is 2.65. The number of ether oxygens (including phenoxy) is 1. The van der Waals surface area contributed by atoms with Crippen molar-refractivity contribution in [1.82, 2.24) is 25.1 Å². The Balaban J connectivity index is 1.54. The van der Waals surface area contributed by atoms with Crippen molar-refractivity contribution in [2.45, 2.75) is 6.82 Å². The molecule has 0 amide bonds. The lowest BCUT2D eigenvalue weighted by Crippen LogP contribution is -2.08. The molecule has 9 heteroatoms. The number of aromatic nitrogens is 5. The van der Waals surface area contributed by atoms with Crippen LogP contribution in [0.25, 0.3) is 32.9 Å². The van der Waals surface area contributed by atoms with Crippen molar-refractivity contribution < 1.29 is 4.74 Å². The Hall–Kier alpha value is -3.85. The van der Waals surface area contributed by atoms with Gasteiger partial charge in [-0.25, -0.2) is 9.97 Å². The number of nitrogens with zero attached hydrogens (tertiary/aromatic N) is 5. The molecule has 3 heterocycles. The van der Waals surface area contributed by atoms with Gasteiger partial charge in [0.15, 0.2) is 13.1 Å². The molecule has 0 bridgehead atoms. The van der Waals surface area contributed by atoms with Gasteiger partial charge >= 0.3 is 0 Å². The van der Waals surface area contributed by atoms with E-state index in [1.54, 1.807) is 19.5 Å². The quantitative estimate of drug-likeness (QED) is 0.400. The number of rotatable bonds is 6. The molecule has 1 N–H and O–H groups in total. The van der Waals surface area contributed by atoms with Gasteiger partial charge < -0.3 is 10.1 Å². The maximum absolute atomic E-state index is 5.40. The summed E-state index contributed by atoms with van der Waals surface area (Å²) in [5, 5.41) is 14.4. The fraction of sp³-hybridized carbons (Fsp3) is 0.0870. The lowest BCUT2D eigenvalue weighted by Gasteiger charge is -2.10. The number of benzene rings is 2. The minimum absolute atomic E-state index is 0.582. The Morgan fingerprint density at radius 1 is 0.969 bits per heavy atom. The van der Waals surface area contributed by atoms with Crippen LogP contribution in [0, 0.1) is 0 Å². The van der Waals surface area contributed by atoms with E-state index >= 15 is 0 Å². The van der Waals surface area contributed by atoms with E-state index in [9.17, 15) is 0 Å². The zero-order valence-electron chi connectivity index (χ0n) is 17.6. The van der Waals surface area contributed by atoms with E-state index in [0.717, 1.165) is 40.1 Å². The topological polar surface area (TPSA) is 85.7 Å². The summed E-state index contributed by atoms with van der Waals surface area (Å²) in [6, 6.07) is 17.9. The van der Waals surface area contributed by atoms with E-state index in [1.807, 2.05) is 30.3 Å².